The minimum Gasteiger partial charge on any atom is -0.381 e. The summed E-state index contributed by atoms with van der Waals surface area (Å²) in [6.07, 6.45) is 6.50. The van der Waals surface area contributed by atoms with Crippen LogP contribution in [0, 0.1) is 0 Å². The van der Waals surface area contributed by atoms with Crippen molar-refractivity contribution in [2.45, 2.75) is 52.0 Å². The minimum atomic E-state index is -0.0260. The van der Waals surface area contributed by atoms with Crippen molar-refractivity contribution in [3.8, 4) is 0 Å². The molecule has 0 saturated heterocycles. The Balaban J connectivity index is 2.11. The average molecular weight is 292 g/mol. The number of hydrogen-bond acceptors (Lipinski definition) is 3. The van der Waals surface area contributed by atoms with Crippen molar-refractivity contribution in [3.05, 3.63) is 29.8 Å². The first-order valence-corrected chi connectivity index (χ1v) is 7.93. The third kappa shape index (κ3) is 7.83. The van der Waals surface area contributed by atoms with Crippen LogP contribution in [0.5, 0.6) is 0 Å². The van der Waals surface area contributed by atoms with Gasteiger partial charge in [-0.2, -0.15) is 0 Å². The fourth-order valence-electron chi connectivity index (χ4n) is 2.11. The zero-order valence-electron chi connectivity index (χ0n) is 13.1. The molecule has 4 nitrogen and oxygen atoms in total. The van der Waals surface area contributed by atoms with E-state index in [2.05, 4.69) is 12.2 Å². The molecule has 21 heavy (non-hydrogen) atoms. The number of nitrogens with one attached hydrogen (secondary N) is 1. The fraction of sp³-hybridized carbons (Fsp3) is 0.588. The van der Waals surface area contributed by atoms with Gasteiger partial charge in [0.25, 0.3) is 0 Å². The van der Waals surface area contributed by atoms with Gasteiger partial charge in [0.15, 0.2) is 0 Å². The second-order valence-electron chi connectivity index (χ2n) is 5.19. The molecule has 0 bridgehead atoms. The predicted molar refractivity (Wildman–Crippen MR) is 87.2 cm³/mol. The Hall–Kier alpha value is -1.39. The first-order valence-electron chi connectivity index (χ1n) is 7.93. The average Bonchev–Trinajstić information content (AvgIpc) is 2.50. The largest absolute Gasteiger partial charge is 0.381 e. The Labute approximate surface area is 128 Å². The summed E-state index contributed by atoms with van der Waals surface area (Å²) < 4.78 is 5.49. The summed E-state index contributed by atoms with van der Waals surface area (Å²) in [5.74, 6) is -0.0260. The number of para-hydroxylation sites is 1. The van der Waals surface area contributed by atoms with Gasteiger partial charge in [0.1, 0.15) is 0 Å². The Morgan fingerprint density at radius 3 is 2.67 bits per heavy atom. The van der Waals surface area contributed by atoms with Crippen LogP contribution < -0.4 is 11.1 Å². The van der Waals surface area contributed by atoms with Gasteiger partial charge in [-0.05, 0) is 18.1 Å². The third-order valence-corrected chi connectivity index (χ3v) is 3.38. The summed E-state index contributed by atoms with van der Waals surface area (Å²) >= 11 is 0. The number of rotatable bonds is 11. The lowest BCUT2D eigenvalue weighted by atomic mass is 10.1. The number of anilines is 1. The van der Waals surface area contributed by atoms with E-state index in [4.69, 9.17) is 10.5 Å². The van der Waals surface area contributed by atoms with E-state index in [0.717, 1.165) is 24.3 Å². The second-order valence-corrected chi connectivity index (χ2v) is 5.19. The minimum absolute atomic E-state index is 0.0260. The van der Waals surface area contributed by atoms with Gasteiger partial charge in [0, 0.05) is 18.8 Å². The Bertz CT molecular complexity index is 408. The smallest absolute Gasteiger partial charge is 0.226 e. The summed E-state index contributed by atoms with van der Waals surface area (Å²) in [4.78, 5) is 11.8. The molecule has 118 valence electrons. The quantitative estimate of drug-likeness (QED) is 0.614. The summed E-state index contributed by atoms with van der Waals surface area (Å²) in [6, 6.07) is 7.60. The molecular formula is C17H28N2O2. The highest BCUT2D eigenvalue weighted by Gasteiger charge is 2.05. The number of carbonyl (C=O) groups is 1. The monoisotopic (exact) mass is 292 g/mol. The molecule has 0 aliphatic heterocycles. The molecule has 0 spiro atoms. The Morgan fingerprint density at radius 1 is 1.14 bits per heavy atom. The first-order chi connectivity index (χ1) is 10.3. The van der Waals surface area contributed by atoms with Crippen molar-refractivity contribution >= 4 is 11.6 Å². The van der Waals surface area contributed by atoms with E-state index >= 15 is 0 Å². The second kappa shape index (κ2) is 11.3. The van der Waals surface area contributed by atoms with Gasteiger partial charge >= 0.3 is 0 Å². The SMILES string of the molecule is CCCCCCCOCCC(=O)Nc1ccccc1CN. The van der Waals surface area contributed by atoms with Crippen molar-refractivity contribution in [2.75, 3.05) is 18.5 Å². The van der Waals surface area contributed by atoms with Crippen molar-refractivity contribution in [3.63, 3.8) is 0 Å². The van der Waals surface area contributed by atoms with Gasteiger partial charge in [-0.1, -0.05) is 50.8 Å². The maximum atomic E-state index is 11.8. The molecule has 4 heteroatoms. The summed E-state index contributed by atoms with van der Waals surface area (Å²) in [5.41, 5.74) is 7.38. The molecule has 0 saturated carbocycles. The van der Waals surface area contributed by atoms with Gasteiger partial charge in [0.2, 0.25) is 5.91 Å². The van der Waals surface area contributed by atoms with E-state index in [1.807, 2.05) is 24.3 Å². The van der Waals surface area contributed by atoms with Crippen LogP contribution in [-0.2, 0) is 16.1 Å². The van der Waals surface area contributed by atoms with Crippen molar-refractivity contribution in [1.29, 1.82) is 0 Å². The number of ether oxygens (including phenoxy) is 1. The highest BCUT2D eigenvalue weighted by molar-refractivity contribution is 5.91. The van der Waals surface area contributed by atoms with Crippen LogP contribution in [0.3, 0.4) is 0 Å². The zero-order valence-corrected chi connectivity index (χ0v) is 13.1. The van der Waals surface area contributed by atoms with Crippen LogP contribution in [0.1, 0.15) is 51.0 Å². The lowest BCUT2D eigenvalue weighted by Gasteiger charge is -2.09. The molecule has 0 heterocycles. The zero-order chi connectivity index (χ0) is 15.3. The maximum absolute atomic E-state index is 11.8. The topological polar surface area (TPSA) is 64.3 Å². The van der Waals surface area contributed by atoms with Crippen LogP contribution >= 0.6 is 0 Å². The van der Waals surface area contributed by atoms with E-state index in [9.17, 15) is 4.79 Å². The third-order valence-electron chi connectivity index (χ3n) is 3.38. The highest BCUT2D eigenvalue weighted by Crippen LogP contribution is 2.14. The number of benzene rings is 1. The highest BCUT2D eigenvalue weighted by atomic mass is 16.5. The molecule has 0 atom stereocenters. The van der Waals surface area contributed by atoms with E-state index in [-0.39, 0.29) is 5.91 Å². The van der Waals surface area contributed by atoms with Crippen molar-refractivity contribution in [2.24, 2.45) is 5.73 Å². The lowest BCUT2D eigenvalue weighted by molar-refractivity contribution is -0.117. The van der Waals surface area contributed by atoms with Crippen molar-refractivity contribution in [1.82, 2.24) is 0 Å². The first kappa shape index (κ1) is 17.7. The van der Waals surface area contributed by atoms with Crippen LogP contribution in [0.25, 0.3) is 0 Å². The normalized spacial score (nSPS) is 10.6. The molecule has 3 N–H and O–H groups in total. The molecule has 0 radical (unpaired) electrons. The van der Waals surface area contributed by atoms with Gasteiger partial charge in [0.05, 0.1) is 13.0 Å². The molecule has 0 aliphatic carbocycles. The number of nitrogens with two attached hydrogens (primary N) is 1. The Kier molecular flexibility index (Phi) is 9.49. The number of carbonyl (C=O) groups excluding carboxylic acids is 1. The molecule has 1 aromatic carbocycles. The molecule has 1 aromatic rings. The van der Waals surface area contributed by atoms with Gasteiger partial charge in [-0.15, -0.1) is 0 Å². The van der Waals surface area contributed by atoms with E-state index in [0.29, 0.717) is 19.6 Å². The molecule has 0 aliphatic rings. The Morgan fingerprint density at radius 2 is 1.90 bits per heavy atom. The molecule has 0 aromatic heterocycles. The molecular weight excluding hydrogens is 264 g/mol. The molecule has 1 rings (SSSR count). The maximum Gasteiger partial charge on any atom is 0.226 e. The summed E-state index contributed by atoms with van der Waals surface area (Å²) in [7, 11) is 0. The van der Waals surface area contributed by atoms with Crippen LogP contribution in [0.15, 0.2) is 24.3 Å². The standard InChI is InChI=1S/C17H28N2O2/c1-2-3-4-5-8-12-21-13-11-17(20)19-16-10-7-6-9-15(16)14-18/h6-7,9-10H,2-5,8,11-14,18H2,1H3,(H,19,20). The number of unbranched alkanes of at least 4 members (excludes halogenated alkanes) is 4. The molecule has 1 amide bonds. The summed E-state index contributed by atoms with van der Waals surface area (Å²) in [5, 5.41) is 2.88. The van der Waals surface area contributed by atoms with E-state index < -0.39 is 0 Å². The number of hydrogen-bond donors (Lipinski definition) is 2. The van der Waals surface area contributed by atoms with Crippen LogP contribution in [-0.4, -0.2) is 19.1 Å². The van der Waals surface area contributed by atoms with Gasteiger partial charge < -0.3 is 15.8 Å². The van der Waals surface area contributed by atoms with Gasteiger partial charge in [-0.25, -0.2) is 0 Å². The van der Waals surface area contributed by atoms with Crippen LogP contribution in [0.2, 0.25) is 0 Å². The summed E-state index contributed by atoms with van der Waals surface area (Å²) in [6.45, 7) is 3.85. The number of amides is 1. The molecule has 0 fully saturated rings. The lowest BCUT2D eigenvalue weighted by Crippen LogP contribution is -2.16. The van der Waals surface area contributed by atoms with Gasteiger partial charge in [-0.3, -0.25) is 4.79 Å². The van der Waals surface area contributed by atoms with E-state index in [1.54, 1.807) is 0 Å². The van der Waals surface area contributed by atoms with Crippen LogP contribution in [0.4, 0.5) is 5.69 Å². The fourth-order valence-corrected chi connectivity index (χ4v) is 2.11. The van der Waals surface area contributed by atoms with Crippen molar-refractivity contribution < 1.29 is 9.53 Å². The van der Waals surface area contributed by atoms with E-state index in [1.165, 1.54) is 25.7 Å². The predicted octanol–water partition coefficient (Wildman–Crippen LogP) is 3.46. The molecule has 0 unspecified atom stereocenters.